The lowest BCUT2D eigenvalue weighted by atomic mass is 9.93. The van der Waals surface area contributed by atoms with Crippen LogP contribution in [0.4, 0.5) is 4.39 Å². The molecule has 0 radical (unpaired) electrons. The van der Waals surface area contributed by atoms with Gasteiger partial charge in [-0.25, -0.2) is 4.39 Å². The number of carbonyl (C=O) groups is 1. The summed E-state index contributed by atoms with van der Waals surface area (Å²) < 4.78 is 18.5. The summed E-state index contributed by atoms with van der Waals surface area (Å²) in [5.74, 6) is 0.916. The topological polar surface area (TPSA) is 53.3 Å². The maximum absolute atomic E-state index is 12.9. The smallest absolute Gasteiger partial charge is 0.253 e. The first-order valence-electron chi connectivity index (χ1n) is 8.83. The summed E-state index contributed by atoms with van der Waals surface area (Å²) in [4.78, 5) is 14.4. The number of hydrogen-bond donors (Lipinski definition) is 0. The monoisotopic (exact) mass is 352 g/mol. The molecule has 2 aromatic carbocycles. The van der Waals surface area contributed by atoms with Crippen molar-refractivity contribution in [1.82, 2.24) is 4.90 Å². The second kappa shape index (κ2) is 8.48. The van der Waals surface area contributed by atoms with Gasteiger partial charge in [0.2, 0.25) is 0 Å². The van der Waals surface area contributed by atoms with E-state index in [9.17, 15) is 9.18 Å². The van der Waals surface area contributed by atoms with Gasteiger partial charge in [-0.3, -0.25) is 4.79 Å². The molecule has 0 aliphatic carbocycles. The highest BCUT2D eigenvalue weighted by molar-refractivity contribution is 5.94. The molecule has 1 heterocycles. The van der Waals surface area contributed by atoms with Crippen molar-refractivity contribution < 1.29 is 13.9 Å². The average Bonchev–Trinajstić information content (AvgIpc) is 2.69. The standard InChI is InChI=1S/C21H21FN2O2/c22-19-4-6-20(7-5-19)26-13-10-16-8-11-24(12-9-16)21(25)18-3-1-2-17(14-18)15-23/h1-7,14,16H,8-13H2. The van der Waals surface area contributed by atoms with E-state index in [4.69, 9.17) is 10.00 Å². The van der Waals surface area contributed by atoms with Gasteiger partial charge in [0, 0.05) is 18.7 Å². The zero-order valence-corrected chi connectivity index (χ0v) is 14.5. The number of carbonyl (C=O) groups excluding carboxylic acids is 1. The van der Waals surface area contributed by atoms with Crippen molar-refractivity contribution in [2.24, 2.45) is 5.92 Å². The summed E-state index contributed by atoms with van der Waals surface area (Å²) in [7, 11) is 0. The molecule has 3 rings (SSSR count). The highest BCUT2D eigenvalue weighted by Crippen LogP contribution is 2.23. The van der Waals surface area contributed by atoms with Crippen LogP contribution < -0.4 is 4.74 Å². The summed E-state index contributed by atoms with van der Waals surface area (Å²) in [5, 5.41) is 8.96. The third kappa shape index (κ3) is 4.60. The number of likely N-dealkylation sites (tertiary alicyclic amines) is 1. The molecule has 0 aromatic heterocycles. The van der Waals surface area contributed by atoms with E-state index < -0.39 is 0 Å². The Hall–Kier alpha value is -2.87. The second-order valence-corrected chi connectivity index (χ2v) is 6.52. The van der Waals surface area contributed by atoms with Crippen LogP contribution in [-0.2, 0) is 0 Å². The highest BCUT2D eigenvalue weighted by atomic mass is 19.1. The van der Waals surface area contributed by atoms with Gasteiger partial charge in [0.15, 0.2) is 0 Å². The van der Waals surface area contributed by atoms with Gasteiger partial charge in [-0.2, -0.15) is 5.26 Å². The fraction of sp³-hybridized carbons (Fsp3) is 0.333. The van der Waals surface area contributed by atoms with Gasteiger partial charge in [-0.15, -0.1) is 0 Å². The summed E-state index contributed by atoms with van der Waals surface area (Å²) in [6.45, 7) is 2.03. The lowest BCUT2D eigenvalue weighted by Crippen LogP contribution is -2.38. The largest absolute Gasteiger partial charge is 0.494 e. The number of nitriles is 1. The van der Waals surface area contributed by atoms with E-state index in [1.54, 1.807) is 36.4 Å². The molecular weight excluding hydrogens is 331 g/mol. The van der Waals surface area contributed by atoms with Crippen LogP contribution in [-0.4, -0.2) is 30.5 Å². The van der Waals surface area contributed by atoms with Crippen molar-refractivity contribution in [2.75, 3.05) is 19.7 Å². The molecule has 0 spiro atoms. The summed E-state index contributed by atoms with van der Waals surface area (Å²) in [6, 6.07) is 14.9. The summed E-state index contributed by atoms with van der Waals surface area (Å²) in [5.41, 5.74) is 1.07. The number of hydrogen-bond acceptors (Lipinski definition) is 3. The van der Waals surface area contributed by atoms with Crippen molar-refractivity contribution in [3.8, 4) is 11.8 Å². The number of halogens is 1. The van der Waals surface area contributed by atoms with Crippen LogP contribution in [0.5, 0.6) is 5.75 Å². The number of nitrogens with zero attached hydrogens (tertiary/aromatic N) is 2. The third-order valence-electron chi connectivity index (χ3n) is 4.75. The predicted octanol–water partition coefficient (Wildman–Crippen LogP) is 4.02. The van der Waals surface area contributed by atoms with E-state index in [2.05, 4.69) is 6.07 Å². The third-order valence-corrected chi connectivity index (χ3v) is 4.75. The summed E-state index contributed by atoms with van der Waals surface area (Å²) >= 11 is 0. The minimum Gasteiger partial charge on any atom is -0.494 e. The molecule has 5 heteroatoms. The molecule has 26 heavy (non-hydrogen) atoms. The van der Waals surface area contributed by atoms with Gasteiger partial charge in [0.25, 0.3) is 5.91 Å². The number of benzene rings is 2. The molecule has 1 saturated heterocycles. The van der Waals surface area contributed by atoms with Crippen molar-refractivity contribution in [3.63, 3.8) is 0 Å². The molecule has 0 unspecified atom stereocenters. The molecule has 0 N–H and O–H groups in total. The molecule has 134 valence electrons. The van der Waals surface area contributed by atoms with Crippen LogP contribution >= 0.6 is 0 Å². The summed E-state index contributed by atoms with van der Waals surface area (Å²) in [6.07, 6.45) is 2.80. The van der Waals surface area contributed by atoms with E-state index in [-0.39, 0.29) is 11.7 Å². The van der Waals surface area contributed by atoms with Crippen LogP contribution in [0, 0.1) is 23.1 Å². The maximum Gasteiger partial charge on any atom is 0.253 e. The fourth-order valence-corrected chi connectivity index (χ4v) is 3.20. The van der Waals surface area contributed by atoms with Gasteiger partial charge in [-0.05, 0) is 67.6 Å². The average molecular weight is 352 g/mol. The quantitative estimate of drug-likeness (QED) is 0.817. The first kappa shape index (κ1) is 17.9. The second-order valence-electron chi connectivity index (χ2n) is 6.52. The van der Waals surface area contributed by atoms with Crippen molar-refractivity contribution in [3.05, 3.63) is 65.5 Å². The fourth-order valence-electron chi connectivity index (χ4n) is 3.20. The normalized spacial score (nSPS) is 14.7. The van der Waals surface area contributed by atoms with Gasteiger partial charge in [0.05, 0.1) is 18.2 Å². The Balaban J connectivity index is 1.44. The van der Waals surface area contributed by atoms with Gasteiger partial charge >= 0.3 is 0 Å². The first-order valence-corrected chi connectivity index (χ1v) is 8.83. The van der Waals surface area contributed by atoms with Crippen LogP contribution in [0.25, 0.3) is 0 Å². The number of ether oxygens (including phenoxy) is 1. The molecule has 1 aliphatic rings. The van der Waals surface area contributed by atoms with E-state index in [0.29, 0.717) is 29.4 Å². The van der Waals surface area contributed by atoms with Gasteiger partial charge in [0.1, 0.15) is 11.6 Å². The molecule has 0 saturated carbocycles. The van der Waals surface area contributed by atoms with E-state index in [0.717, 1.165) is 32.4 Å². The molecule has 0 bridgehead atoms. The van der Waals surface area contributed by atoms with Gasteiger partial charge < -0.3 is 9.64 Å². The van der Waals surface area contributed by atoms with Crippen LogP contribution in [0.1, 0.15) is 35.2 Å². The van der Waals surface area contributed by atoms with E-state index in [1.807, 2.05) is 4.90 Å². The van der Waals surface area contributed by atoms with E-state index >= 15 is 0 Å². The molecule has 1 aliphatic heterocycles. The molecule has 4 nitrogen and oxygen atoms in total. The van der Waals surface area contributed by atoms with E-state index in [1.165, 1.54) is 12.1 Å². The van der Waals surface area contributed by atoms with Crippen molar-refractivity contribution in [1.29, 1.82) is 5.26 Å². The Morgan fingerprint density at radius 2 is 1.92 bits per heavy atom. The minimum absolute atomic E-state index is 0.0110. The molecule has 2 aromatic rings. The Labute approximate surface area is 152 Å². The predicted molar refractivity (Wildman–Crippen MR) is 96.3 cm³/mol. The van der Waals surface area contributed by atoms with Gasteiger partial charge in [-0.1, -0.05) is 6.07 Å². The van der Waals surface area contributed by atoms with Crippen molar-refractivity contribution >= 4 is 5.91 Å². The number of amides is 1. The Bertz CT molecular complexity index is 790. The Morgan fingerprint density at radius 1 is 1.19 bits per heavy atom. The Morgan fingerprint density at radius 3 is 2.62 bits per heavy atom. The molecule has 1 amide bonds. The lowest BCUT2D eigenvalue weighted by molar-refractivity contribution is 0.0680. The van der Waals surface area contributed by atoms with Crippen LogP contribution in [0.15, 0.2) is 48.5 Å². The molecule has 0 atom stereocenters. The highest BCUT2D eigenvalue weighted by Gasteiger charge is 2.23. The zero-order chi connectivity index (χ0) is 18.4. The first-order chi connectivity index (χ1) is 12.7. The zero-order valence-electron chi connectivity index (χ0n) is 14.5. The minimum atomic E-state index is -0.269. The molecule has 1 fully saturated rings. The van der Waals surface area contributed by atoms with Crippen LogP contribution in [0.2, 0.25) is 0 Å². The van der Waals surface area contributed by atoms with Crippen molar-refractivity contribution in [2.45, 2.75) is 19.3 Å². The number of rotatable bonds is 5. The van der Waals surface area contributed by atoms with Crippen LogP contribution in [0.3, 0.4) is 0 Å². The SMILES string of the molecule is N#Cc1cccc(C(=O)N2CCC(CCOc3ccc(F)cc3)CC2)c1. The lowest BCUT2D eigenvalue weighted by Gasteiger charge is -2.32. The number of piperidine rings is 1. The molecular formula is C21H21FN2O2. The maximum atomic E-state index is 12.9. The Kier molecular flexibility index (Phi) is 5.85.